The van der Waals surface area contributed by atoms with E-state index in [9.17, 15) is 13.2 Å². The summed E-state index contributed by atoms with van der Waals surface area (Å²) in [6.07, 6.45) is 5.71. The number of alkyl carbamates (subject to hydrolysis) is 1. The average molecular weight is 423 g/mol. The van der Waals surface area contributed by atoms with Gasteiger partial charge < -0.3 is 15.4 Å². The normalized spacial score (nSPS) is 19.2. The Balaban J connectivity index is 1.54. The molecule has 2 heterocycles. The first-order valence-electron chi connectivity index (χ1n) is 9.27. The Kier molecular flexibility index (Phi) is 6.20. The summed E-state index contributed by atoms with van der Waals surface area (Å²) in [5.41, 5.74) is 0.950. The zero-order valence-corrected chi connectivity index (χ0v) is 17.3. The zero-order chi connectivity index (χ0) is 21.0. The van der Waals surface area contributed by atoms with Crippen LogP contribution in [0.4, 0.5) is 22.2 Å². The Morgan fingerprint density at radius 1 is 1.21 bits per heavy atom. The quantitative estimate of drug-likeness (QED) is 0.528. The first-order chi connectivity index (χ1) is 13.7. The lowest BCUT2D eigenvalue weighted by molar-refractivity contribution is 0.0981. The van der Waals surface area contributed by atoms with Gasteiger partial charge in [-0.15, -0.1) is 0 Å². The zero-order valence-electron chi connectivity index (χ0n) is 16.5. The van der Waals surface area contributed by atoms with E-state index in [0.29, 0.717) is 11.6 Å². The van der Waals surface area contributed by atoms with Gasteiger partial charge in [-0.2, -0.15) is 5.10 Å². The van der Waals surface area contributed by atoms with E-state index >= 15 is 0 Å². The third-order valence-corrected chi connectivity index (χ3v) is 4.88. The Hall–Kier alpha value is -2.89. The van der Waals surface area contributed by atoms with Crippen LogP contribution in [0.25, 0.3) is 0 Å². The van der Waals surface area contributed by atoms with Crippen LogP contribution in [0.2, 0.25) is 0 Å². The van der Waals surface area contributed by atoms with Crippen molar-refractivity contribution in [3.05, 3.63) is 24.2 Å². The number of nitrogens with zero attached hydrogens (tertiary/aromatic N) is 3. The van der Waals surface area contributed by atoms with E-state index in [2.05, 4.69) is 35.5 Å². The minimum atomic E-state index is -3.40. The lowest BCUT2D eigenvalue weighted by Gasteiger charge is -2.14. The summed E-state index contributed by atoms with van der Waals surface area (Å²) in [4.78, 5) is 19.9. The number of aromatic nitrogens is 4. The Morgan fingerprint density at radius 2 is 1.93 bits per heavy atom. The number of carbonyl (C=O) groups is 1. The monoisotopic (exact) mass is 423 g/mol. The molecule has 1 saturated carbocycles. The molecule has 1 aliphatic rings. The number of carbonyl (C=O) groups excluding carboxylic acids is 1. The Morgan fingerprint density at radius 3 is 2.59 bits per heavy atom. The van der Waals surface area contributed by atoms with Crippen molar-refractivity contribution in [3.8, 4) is 0 Å². The van der Waals surface area contributed by atoms with Crippen molar-refractivity contribution in [2.24, 2.45) is 0 Å². The highest BCUT2D eigenvalue weighted by Gasteiger charge is 2.30. The van der Waals surface area contributed by atoms with Crippen LogP contribution in [0.5, 0.6) is 0 Å². The third kappa shape index (κ3) is 6.31. The molecule has 4 N–H and O–H groups in total. The Bertz CT molecular complexity index is 943. The smallest absolute Gasteiger partial charge is 0.407 e. The van der Waals surface area contributed by atoms with E-state index in [4.69, 9.17) is 4.74 Å². The van der Waals surface area contributed by atoms with Gasteiger partial charge in [0, 0.05) is 23.7 Å². The van der Waals surface area contributed by atoms with E-state index in [-0.39, 0.29) is 30.0 Å². The molecule has 3 rings (SSSR count). The number of hydrogen-bond acceptors (Lipinski definition) is 8. The van der Waals surface area contributed by atoms with Gasteiger partial charge in [0.05, 0.1) is 18.6 Å². The van der Waals surface area contributed by atoms with Crippen molar-refractivity contribution in [3.63, 3.8) is 0 Å². The van der Waals surface area contributed by atoms with E-state index in [1.807, 2.05) is 19.9 Å². The molecule has 1 fully saturated rings. The predicted molar refractivity (Wildman–Crippen MR) is 108 cm³/mol. The van der Waals surface area contributed by atoms with Gasteiger partial charge in [0.2, 0.25) is 10.0 Å². The number of anilines is 3. The molecule has 0 aliphatic heterocycles. The summed E-state index contributed by atoms with van der Waals surface area (Å²) in [5, 5.41) is 13.0. The van der Waals surface area contributed by atoms with Gasteiger partial charge in [-0.05, 0) is 33.1 Å². The molecule has 0 spiro atoms. The molecule has 0 unspecified atom stereocenters. The highest BCUT2D eigenvalue weighted by Crippen LogP contribution is 2.36. The first kappa shape index (κ1) is 20.8. The largest absolute Gasteiger partial charge is 0.446 e. The molecule has 12 heteroatoms. The van der Waals surface area contributed by atoms with Crippen LogP contribution in [0.3, 0.4) is 0 Å². The number of rotatable bonds is 7. The van der Waals surface area contributed by atoms with Gasteiger partial charge in [0.25, 0.3) is 0 Å². The molecule has 0 radical (unpaired) electrons. The SMILES string of the molecule is CC(C)NC(=O)O[C@@H]1CC[C@H](c2cc(Nc3cnc(NS(C)(=O)=O)cn3)n[nH]2)C1. The second-order valence-corrected chi connectivity index (χ2v) is 9.08. The van der Waals surface area contributed by atoms with Crippen molar-refractivity contribution in [2.75, 3.05) is 16.3 Å². The van der Waals surface area contributed by atoms with Gasteiger partial charge in [0.15, 0.2) is 11.6 Å². The van der Waals surface area contributed by atoms with Gasteiger partial charge in [-0.1, -0.05) is 0 Å². The Labute approximate surface area is 169 Å². The van der Waals surface area contributed by atoms with Crippen LogP contribution in [0, 0.1) is 0 Å². The fourth-order valence-corrected chi connectivity index (χ4v) is 3.61. The molecule has 0 aromatic carbocycles. The second-order valence-electron chi connectivity index (χ2n) is 7.33. The third-order valence-electron chi connectivity index (χ3n) is 4.30. The first-order valence-corrected chi connectivity index (χ1v) is 11.2. The van der Waals surface area contributed by atoms with Gasteiger partial charge in [0.1, 0.15) is 11.9 Å². The minimum Gasteiger partial charge on any atom is -0.446 e. The van der Waals surface area contributed by atoms with E-state index in [0.717, 1.165) is 31.2 Å². The van der Waals surface area contributed by atoms with Crippen LogP contribution < -0.4 is 15.4 Å². The summed E-state index contributed by atoms with van der Waals surface area (Å²) in [7, 11) is -3.40. The molecule has 158 valence electrons. The number of ether oxygens (including phenoxy) is 1. The fraction of sp³-hybridized carbons (Fsp3) is 0.529. The van der Waals surface area contributed by atoms with Crippen molar-refractivity contribution < 1.29 is 17.9 Å². The molecular formula is C17H25N7O4S. The number of hydrogen-bond donors (Lipinski definition) is 4. The lowest BCUT2D eigenvalue weighted by Crippen LogP contribution is -2.33. The number of H-pyrrole nitrogens is 1. The van der Waals surface area contributed by atoms with Gasteiger partial charge >= 0.3 is 6.09 Å². The van der Waals surface area contributed by atoms with E-state index < -0.39 is 10.0 Å². The van der Waals surface area contributed by atoms with Crippen molar-refractivity contribution in [1.82, 2.24) is 25.5 Å². The van der Waals surface area contributed by atoms with Crippen molar-refractivity contribution in [1.29, 1.82) is 0 Å². The molecule has 29 heavy (non-hydrogen) atoms. The number of aromatic amines is 1. The summed E-state index contributed by atoms with van der Waals surface area (Å²) >= 11 is 0. The molecule has 0 saturated heterocycles. The number of amides is 1. The maximum atomic E-state index is 11.7. The summed E-state index contributed by atoms with van der Waals surface area (Å²) < 4.78 is 30.1. The van der Waals surface area contributed by atoms with E-state index in [1.165, 1.54) is 12.4 Å². The fourth-order valence-electron chi connectivity index (χ4n) is 3.13. The second kappa shape index (κ2) is 8.64. The summed E-state index contributed by atoms with van der Waals surface area (Å²) in [6, 6.07) is 1.92. The number of sulfonamides is 1. The van der Waals surface area contributed by atoms with E-state index in [1.54, 1.807) is 0 Å². The van der Waals surface area contributed by atoms with Gasteiger partial charge in [-0.25, -0.2) is 23.2 Å². The van der Waals surface area contributed by atoms with Crippen molar-refractivity contribution in [2.45, 2.75) is 51.2 Å². The summed E-state index contributed by atoms with van der Waals surface area (Å²) in [6.45, 7) is 3.77. The molecule has 2 aromatic heterocycles. The number of nitrogens with one attached hydrogen (secondary N) is 4. The van der Waals surface area contributed by atoms with Crippen LogP contribution in [0.1, 0.15) is 44.7 Å². The highest BCUT2D eigenvalue weighted by atomic mass is 32.2. The van der Waals surface area contributed by atoms with Crippen LogP contribution in [-0.2, 0) is 14.8 Å². The maximum absolute atomic E-state index is 11.7. The minimum absolute atomic E-state index is 0.0419. The van der Waals surface area contributed by atoms with Crippen LogP contribution in [0.15, 0.2) is 18.5 Å². The highest BCUT2D eigenvalue weighted by molar-refractivity contribution is 7.92. The van der Waals surface area contributed by atoms with Crippen LogP contribution in [-0.4, -0.2) is 53.1 Å². The molecule has 1 amide bonds. The molecular weight excluding hydrogens is 398 g/mol. The standard InChI is InChI=1S/C17H25N7O4S/c1-10(2)20-17(25)28-12-5-4-11(6-12)13-7-14(23-22-13)21-15-8-19-16(9-18-15)24-29(3,26)27/h7-12H,4-6H2,1-3H3,(H,19,24)(H,20,25)(H2,18,21,22,23)/t11-,12+/m0/s1. The maximum Gasteiger partial charge on any atom is 0.407 e. The predicted octanol–water partition coefficient (Wildman–Crippen LogP) is 2.09. The molecule has 2 aromatic rings. The average Bonchev–Trinajstić information content (AvgIpc) is 3.24. The molecule has 2 atom stereocenters. The lowest BCUT2D eigenvalue weighted by atomic mass is 10.0. The van der Waals surface area contributed by atoms with Crippen LogP contribution >= 0.6 is 0 Å². The summed E-state index contributed by atoms with van der Waals surface area (Å²) in [5.74, 6) is 1.36. The molecule has 1 aliphatic carbocycles. The van der Waals surface area contributed by atoms with Gasteiger partial charge in [-0.3, -0.25) is 9.82 Å². The van der Waals surface area contributed by atoms with Crippen molar-refractivity contribution >= 4 is 33.6 Å². The molecule has 11 nitrogen and oxygen atoms in total. The topological polar surface area (TPSA) is 151 Å². The molecule has 0 bridgehead atoms.